The molecule has 5 rings (SSSR count). The first-order valence-corrected chi connectivity index (χ1v) is 11.5. The van der Waals surface area contributed by atoms with Gasteiger partial charge in [-0.2, -0.15) is 0 Å². The Hall–Kier alpha value is -2.48. The number of methoxy groups -OCH3 is 1. The van der Waals surface area contributed by atoms with Crippen molar-refractivity contribution < 1.29 is 19.0 Å². The Bertz CT molecular complexity index is 930. The van der Waals surface area contributed by atoms with E-state index in [2.05, 4.69) is 33.0 Å². The molecule has 0 unspecified atom stereocenters. The molecule has 32 heavy (non-hydrogen) atoms. The van der Waals surface area contributed by atoms with Crippen LogP contribution in [0, 0.1) is 0 Å². The van der Waals surface area contributed by atoms with Crippen molar-refractivity contribution in [1.82, 2.24) is 14.8 Å². The molecular formula is C25H31N3O4. The number of fused-ring (bicyclic) bond motifs is 1. The first-order chi connectivity index (χ1) is 15.7. The van der Waals surface area contributed by atoms with Gasteiger partial charge in [0, 0.05) is 51.6 Å². The van der Waals surface area contributed by atoms with E-state index in [9.17, 15) is 4.79 Å². The van der Waals surface area contributed by atoms with Crippen LogP contribution in [-0.2, 0) is 27.2 Å². The summed E-state index contributed by atoms with van der Waals surface area (Å²) in [5, 5.41) is 0. The van der Waals surface area contributed by atoms with E-state index in [-0.39, 0.29) is 18.0 Å². The number of β-lactam (4-membered cyclic amide) rings is 1. The molecule has 7 heteroatoms. The number of hydrogen-bond acceptors (Lipinski definition) is 6. The maximum absolute atomic E-state index is 13.0. The van der Waals surface area contributed by atoms with Crippen molar-refractivity contribution in [3.05, 3.63) is 59.4 Å². The predicted molar refractivity (Wildman–Crippen MR) is 119 cm³/mol. The van der Waals surface area contributed by atoms with Crippen molar-refractivity contribution >= 4 is 5.91 Å². The molecule has 0 aliphatic carbocycles. The molecule has 0 bridgehead atoms. The Labute approximate surface area is 189 Å². The van der Waals surface area contributed by atoms with Gasteiger partial charge in [0.1, 0.15) is 5.75 Å². The van der Waals surface area contributed by atoms with Crippen LogP contribution in [0.15, 0.2) is 42.7 Å². The highest BCUT2D eigenvalue weighted by Gasteiger charge is 2.52. The van der Waals surface area contributed by atoms with Gasteiger partial charge in [-0.1, -0.05) is 12.1 Å². The van der Waals surface area contributed by atoms with Crippen molar-refractivity contribution in [3.8, 4) is 5.75 Å². The maximum atomic E-state index is 13.0. The molecule has 3 aliphatic heterocycles. The minimum absolute atomic E-state index is 0.0457. The average Bonchev–Trinajstić information content (AvgIpc) is 3.29. The van der Waals surface area contributed by atoms with Crippen LogP contribution in [-0.4, -0.2) is 72.9 Å². The summed E-state index contributed by atoms with van der Waals surface area (Å²) in [5.41, 5.74) is 3.75. The van der Waals surface area contributed by atoms with Gasteiger partial charge in [-0.3, -0.25) is 14.7 Å². The largest absolute Gasteiger partial charge is 0.493 e. The highest BCUT2D eigenvalue weighted by Crippen LogP contribution is 2.41. The fraction of sp³-hybridized carbons (Fsp3) is 0.520. The molecule has 1 aromatic carbocycles. The highest BCUT2D eigenvalue weighted by molar-refractivity contribution is 5.89. The lowest BCUT2D eigenvalue weighted by atomic mass is 9.86. The highest BCUT2D eigenvalue weighted by atomic mass is 16.5. The summed E-state index contributed by atoms with van der Waals surface area (Å²) in [6.45, 7) is 4.63. The number of aromatic nitrogens is 1. The van der Waals surface area contributed by atoms with E-state index >= 15 is 0 Å². The number of pyridine rings is 1. The Morgan fingerprint density at radius 2 is 1.94 bits per heavy atom. The van der Waals surface area contributed by atoms with Gasteiger partial charge < -0.3 is 19.1 Å². The second-order valence-electron chi connectivity index (χ2n) is 8.80. The number of rotatable bonds is 8. The van der Waals surface area contributed by atoms with E-state index in [1.54, 1.807) is 19.5 Å². The van der Waals surface area contributed by atoms with Gasteiger partial charge in [-0.15, -0.1) is 0 Å². The molecule has 1 aromatic heterocycles. The lowest BCUT2D eigenvalue weighted by molar-refractivity contribution is -0.184. The van der Waals surface area contributed by atoms with Gasteiger partial charge in [0.05, 0.1) is 25.9 Å². The zero-order valence-electron chi connectivity index (χ0n) is 18.6. The Morgan fingerprint density at radius 3 is 2.72 bits per heavy atom. The normalized spacial score (nSPS) is 23.7. The van der Waals surface area contributed by atoms with Gasteiger partial charge in [0.15, 0.2) is 6.10 Å². The van der Waals surface area contributed by atoms with Crippen molar-refractivity contribution in [2.75, 3.05) is 40.0 Å². The summed E-state index contributed by atoms with van der Waals surface area (Å²) in [6, 6.07) is 10.7. The first kappa shape index (κ1) is 21.4. The second-order valence-corrected chi connectivity index (χ2v) is 8.80. The standard InChI is InChI=1S/C25H31N3O4/c1-30-14-15-32-24-23(19-4-9-26-10-5-19)28(25(24)29)21-6-11-27(12-7-21)17-18-2-3-22-20(16-18)8-13-31-22/h2-5,9-10,16,21,23-24H,6-8,11-15,17H2,1H3/t23-,24+/m0/s1. The lowest BCUT2D eigenvalue weighted by Crippen LogP contribution is -2.64. The third-order valence-electron chi connectivity index (χ3n) is 6.83. The molecule has 0 spiro atoms. The van der Waals surface area contributed by atoms with Crippen LogP contribution in [0.2, 0.25) is 0 Å². The van der Waals surface area contributed by atoms with Crippen LogP contribution in [0.4, 0.5) is 0 Å². The Morgan fingerprint density at radius 1 is 1.12 bits per heavy atom. The molecule has 0 N–H and O–H groups in total. The van der Waals surface area contributed by atoms with E-state index in [0.29, 0.717) is 13.2 Å². The molecule has 2 aromatic rings. The number of amides is 1. The van der Waals surface area contributed by atoms with Gasteiger partial charge in [-0.25, -0.2) is 0 Å². The summed E-state index contributed by atoms with van der Waals surface area (Å²) in [7, 11) is 1.64. The molecule has 2 fully saturated rings. The van der Waals surface area contributed by atoms with Crippen LogP contribution in [0.25, 0.3) is 0 Å². The molecule has 4 heterocycles. The average molecular weight is 438 g/mol. The summed E-state index contributed by atoms with van der Waals surface area (Å²) in [4.78, 5) is 21.7. The van der Waals surface area contributed by atoms with Crippen LogP contribution in [0.3, 0.4) is 0 Å². The monoisotopic (exact) mass is 437 g/mol. The molecule has 0 radical (unpaired) electrons. The summed E-state index contributed by atoms with van der Waals surface area (Å²) >= 11 is 0. The summed E-state index contributed by atoms with van der Waals surface area (Å²) in [6.07, 6.45) is 6.10. The zero-order chi connectivity index (χ0) is 21.9. The minimum Gasteiger partial charge on any atom is -0.493 e. The molecule has 7 nitrogen and oxygen atoms in total. The predicted octanol–water partition coefficient (Wildman–Crippen LogP) is 2.60. The summed E-state index contributed by atoms with van der Waals surface area (Å²) < 4.78 is 16.6. The fourth-order valence-corrected chi connectivity index (χ4v) is 5.16. The van der Waals surface area contributed by atoms with Gasteiger partial charge >= 0.3 is 0 Å². The lowest BCUT2D eigenvalue weighted by Gasteiger charge is -2.52. The van der Waals surface area contributed by atoms with Crippen LogP contribution >= 0.6 is 0 Å². The smallest absolute Gasteiger partial charge is 0.255 e. The summed E-state index contributed by atoms with van der Waals surface area (Å²) in [5.74, 6) is 1.13. The number of likely N-dealkylation sites (tertiary alicyclic amines) is 2. The van der Waals surface area contributed by atoms with Gasteiger partial charge in [-0.05, 0) is 47.7 Å². The topological polar surface area (TPSA) is 64.1 Å². The van der Waals surface area contributed by atoms with Crippen LogP contribution in [0.5, 0.6) is 5.75 Å². The fourth-order valence-electron chi connectivity index (χ4n) is 5.16. The number of ether oxygens (including phenoxy) is 3. The molecule has 0 saturated carbocycles. The van der Waals surface area contributed by atoms with E-state index in [1.807, 2.05) is 12.1 Å². The van der Waals surface area contributed by atoms with Crippen molar-refractivity contribution in [2.24, 2.45) is 0 Å². The Balaban J connectivity index is 1.21. The molecule has 2 atom stereocenters. The quantitative estimate of drug-likeness (QED) is 0.467. The number of hydrogen-bond donors (Lipinski definition) is 0. The van der Waals surface area contributed by atoms with Crippen molar-refractivity contribution in [2.45, 2.75) is 44.0 Å². The number of carbonyl (C=O) groups excluding carboxylic acids is 1. The Kier molecular flexibility index (Phi) is 6.39. The van der Waals surface area contributed by atoms with E-state index < -0.39 is 6.10 Å². The molecular weight excluding hydrogens is 406 g/mol. The number of benzene rings is 1. The molecule has 170 valence electrons. The maximum Gasteiger partial charge on any atom is 0.255 e. The van der Waals surface area contributed by atoms with Gasteiger partial charge in [0.2, 0.25) is 0 Å². The zero-order valence-corrected chi connectivity index (χ0v) is 18.6. The van der Waals surface area contributed by atoms with Crippen molar-refractivity contribution in [3.63, 3.8) is 0 Å². The van der Waals surface area contributed by atoms with Crippen LogP contribution < -0.4 is 4.74 Å². The SMILES string of the molecule is COCCO[C@H]1C(=O)N(C2CCN(Cc3ccc4c(c3)CCO4)CC2)[C@H]1c1ccncc1. The molecule has 1 amide bonds. The van der Waals surface area contributed by atoms with E-state index in [4.69, 9.17) is 14.2 Å². The first-order valence-electron chi connectivity index (χ1n) is 11.5. The number of piperidine rings is 1. The van der Waals surface area contributed by atoms with E-state index in [0.717, 1.165) is 56.8 Å². The van der Waals surface area contributed by atoms with E-state index in [1.165, 1.54) is 11.1 Å². The van der Waals surface area contributed by atoms with Crippen LogP contribution in [0.1, 0.15) is 35.6 Å². The second kappa shape index (κ2) is 9.57. The molecule has 2 saturated heterocycles. The van der Waals surface area contributed by atoms with Crippen molar-refractivity contribution in [1.29, 1.82) is 0 Å². The number of nitrogens with zero attached hydrogens (tertiary/aromatic N) is 3. The van der Waals surface area contributed by atoms with Gasteiger partial charge in [0.25, 0.3) is 5.91 Å². The number of carbonyl (C=O) groups is 1. The third-order valence-corrected chi connectivity index (χ3v) is 6.83. The minimum atomic E-state index is -0.431. The molecule has 3 aliphatic rings. The third kappa shape index (κ3) is 4.25.